The molecule has 1 N–H and O–H groups in total. The molecule has 2 aromatic rings. The van der Waals surface area contributed by atoms with E-state index in [0.717, 1.165) is 41.3 Å². The summed E-state index contributed by atoms with van der Waals surface area (Å²) in [7, 11) is 0. The van der Waals surface area contributed by atoms with Gasteiger partial charge in [-0.25, -0.2) is 14.8 Å². The molecule has 0 aliphatic carbocycles. The SMILES string of the molecule is C=CCN(CC=C)CC1(c2ncn3c2[C@@H]2CCCN2C(=O)c2sccc2-3)N=CNO1. The fourth-order valence-corrected chi connectivity index (χ4v) is 5.49. The van der Waals surface area contributed by atoms with Gasteiger partial charge in [0.15, 0.2) is 0 Å². The van der Waals surface area contributed by atoms with E-state index in [1.54, 1.807) is 12.7 Å². The lowest BCUT2D eigenvalue weighted by molar-refractivity contribution is -0.0788. The number of rotatable bonds is 7. The summed E-state index contributed by atoms with van der Waals surface area (Å²) in [5.41, 5.74) is 4.39. The van der Waals surface area contributed by atoms with E-state index in [1.807, 2.05) is 28.5 Å². The van der Waals surface area contributed by atoms with Crippen molar-refractivity contribution in [3.8, 4) is 5.69 Å². The average Bonchev–Trinajstić information content (AvgIpc) is 3.51. The number of aromatic nitrogens is 2. The van der Waals surface area contributed by atoms with Crippen LogP contribution in [0.2, 0.25) is 0 Å². The van der Waals surface area contributed by atoms with Crippen molar-refractivity contribution in [2.45, 2.75) is 24.6 Å². The van der Waals surface area contributed by atoms with Crippen LogP contribution in [-0.2, 0) is 10.6 Å². The molecule has 1 fully saturated rings. The first-order valence-electron chi connectivity index (χ1n) is 10.1. The molecule has 3 aliphatic rings. The first kappa shape index (κ1) is 19.2. The average molecular weight is 425 g/mol. The molecule has 1 unspecified atom stereocenters. The first-order valence-corrected chi connectivity index (χ1v) is 10.9. The molecular weight excluding hydrogens is 400 g/mol. The molecule has 2 aromatic heterocycles. The number of amides is 1. The number of nitrogens with one attached hydrogen (secondary N) is 1. The third-order valence-electron chi connectivity index (χ3n) is 5.87. The fraction of sp³-hybridized carbons (Fsp3) is 0.381. The third-order valence-corrected chi connectivity index (χ3v) is 6.76. The summed E-state index contributed by atoms with van der Waals surface area (Å²) < 4.78 is 2.05. The summed E-state index contributed by atoms with van der Waals surface area (Å²) in [5.74, 6) is 0.0973. The topological polar surface area (TPSA) is 75.0 Å². The van der Waals surface area contributed by atoms with Crippen molar-refractivity contribution in [1.29, 1.82) is 0 Å². The van der Waals surface area contributed by atoms with Crippen molar-refractivity contribution >= 4 is 23.6 Å². The highest BCUT2D eigenvalue weighted by Gasteiger charge is 2.47. The van der Waals surface area contributed by atoms with Crippen molar-refractivity contribution in [3.05, 3.63) is 59.3 Å². The van der Waals surface area contributed by atoms with Crippen LogP contribution in [0.1, 0.15) is 39.9 Å². The smallest absolute Gasteiger partial charge is 0.266 e. The van der Waals surface area contributed by atoms with Gasteiger partial charge in [-0.3, -0.25) is 19.7 Å². The Labute approximate surface area is 179 Å². The van der Waals surface area contributed by atoms with Gasteiger partial charge in [-0.05, 0) is 24.3 Å². The molecule has 156 valence electrons. The maximum Gasteiger partial charge on any atom is 0.266 e. The number of carbonyl (C=O) groups is 1. The zero-order valence-electron chi connectivity index (χ0n) is 16.7. The molecule has 1 amide bonds. The Kier molecular flexibility index (Phi) is 4.80. The Morgan fingerprint density at radius 3 is 2.97 bits per heavy atom. The number of thiophene rings is 1. The third kappa shape index (κ3) is 2.84. The summed E-state index contributed by atoms with van der Waals surface area (Å²) in [6, 6.07) is 1.94. The van der Waals surface area contributed by atoms with Gasteiger partial charge in [0, 0.05) is 19.6 Å². The molecule has 5 rings (SSSR count). The van der Waals surface area contributed by atoms with Crippen molar-refractivity contribution in [2.75, 3.05) is 26.2 Å². The molecule has 8 nitrogen and oxygen atoms in total. The lowest BCUT2D eigenvalue weighted by atomic mass is 10.0. The van der Waals surface area contributed by atoms with E-state index in [4.69, 9.17) is 9.82 Å². The van der Waals surface area contributed by atoms with Gasteiger partial charge in [0.05, 0.1) is 24.0 Å². The highest BCUT2D eigenvalue weighted by atomic mass is 32.1. The normalized spacial score (nSPS) is 24.4. The molecule has 0 aromatic carbocycles. The minimum Gasteiger partial charge on any atom is -0.329 e. The number of carbonyl (C=O) groups excluding carboxylic acids is 1. The molecule has 1 saturated heterocycles. The quantitative estimate of drug-likeness (QED) is 0.692. The second-order valence-electron chi connectivity index (χ2n) is 7.67. The van der Waals surface area contributed by atoms with Gasteiger partial charge < -0.3 is 4.90 Å². The van der Waals surface area contributed by atoms with Crippen LogP contribution in [0.25, 0.3) is 5.69 Å². The van der Waals surface area contributed by atoms with Crippen LogP contribution < -0.4 is 5.48 Å². The second-order valence-corrected chi connectivity index (χ2v) is 8.59. The van der Waals surface area contributed by atoms with E-state index >= 15 is 0 Å². The second kappa shape index (κ2) is 7.50. The first-order chi connectivity index (χ1) is 14.7. The Balaban J connectivity index is 1.65. The number of nitrogens with zero attached hydrogens (tertiary/aromatic N) is 5. The maximum absolute atomic E-state index is 13.2. The minimum atomic E-state index is -1.01. The molecule has 0 radical (unpaired) electrons. The fourth-order valence-electron chi connectivity index (χ4n) is 4.66. The zero-order valence-corrected chi connectivity index (χ0v) is 17.5. The van der Waals surface area contributed by atoms with Crippen LogP contribution in [0.15, 0.2) is 48.1 Å². The number of hydrogen-bond acceptors (Lipinski definition) is 7. The van der Waals surface area contributed by atoms with Gasteiger partial charge in [-0.2, -0.15) is 0 Å². The monoisotopic (exact) mass is 424 g/mol. The van der Waals surface area contributed by atoms with Crippen molar-refractivity contribution in [2.24, 2.45) is 4.99 Å². The molecule has 30 heavy (non-hydrogen) atoms. The van der Waals surface area contributed by atoms with Crippen LogP contribution in [0.5, 0.6) is 0 Å². The van der Waals surface area contributed by atoms with Gasteiger partial charge in [0.1, 0.15) is 23.2 Å². The minimum absolute atomic E-state index is 0.0434. The predicted octanol–water partition coefficient (Wildman–Crippen LogP) is 2.61. The summed E-state index contributed by atoms with van der Waals surface area (Å²) in [4.78, 5) is 33.6. The van der Waals surface area contributed by atoms with Crippen LogP contribution in [0, 0.1) is 0 Å². The highest BCUT2D eigenvalue weighted by molar-refractivity contribution is 7.12. The van der Waals surface area contributed by atoms with Gasteiger partial charge >= 0.3 is 0 Å². The number of imidazole rings is 1. The van der Waals surface area contributed by atoms with Gasteiger partial charge in [-0.1, -0.05) is 12.2 Å². The van der Waals surface area contributed by atoms with Crippen molar-refractivity contribution in [3.63, 3.8) is 0 Å². The van der Waals surface area contributed by atoms with E-state index in [0.29, 0.717) is 19.6 Å². The van der Waals surface area contributed by atoms with Gasteiger partial charge in [0.25, 0.3) is 5.91 Å². The molecular formula is C21H24N6O2S. The van der Waals surface area contributed by atoms with Gasteiger partial charge in [0.2, 0.25) is 5.72 Å². The molecule has 0 saturated carbocycles. The Bertz CT molecular complexity index is 1020. The molecule has 2 atom stereocenters. The van der Waals surface area contributed by atoms with E-state index in [-0.39, 0.29) is 11.9 Å². The lowest BCUT2D eigenvalue weighted by Crippen LogP contribution is -2.43. The van der Waals surface area contributed by atoms with Crippen molar-refractivity contribution < 1.29 is 9.63 Å². The number of aliphatic imine (C=N–C) groups is 1. The van der Waals surface area contributed by atoms with Crippen LogP contribution >= 0.6 is 11.3 Å². The number of fused-ring (bicyclic) bond motifs is 5. The number of hydrogen-bond donors (Lipinski definition) is 1. The van der Waals surface area contributed by atoms with E-state index in [1.165, 1.54) is 11.3 Å². The Morgan fingerprint density at radius 2 is 2.23 bits per heavy atom. The van der Waals surface area contributed by atoms with Crippen molar-refractivity contribution in [1.82, 2.24) is 24.8 Å². The summed E-state index contributed by atoms with van der Waals surface area (Å²) in [5, 5.41) is 1.96. The zero-order chi connectivity index (χ0) is 20.7. The van der Waals surface area contributed by atoms with Crippen LogP contribution in [0.4, 0.5) is 0 Å². The van der Waals surface area contributed by atoms with Crippen LogP contribution in [-0.4, -0.2) is 57.8 Å². The molecule has 0 bridgehead atoms. The Hall–Kier alpha value is -2.75. The van der Waals surface area contributed by atoms with E-state index < -0.39 is 5.72 Å². The van der Waals surface area contributed by atoms with E-state index in [2.05, 4.69) is 33.1 Å². The standard InChI is InChI=1S/C21H24N6O2S/c1-3-8-25(9-4-2)12-21(23-13-24-29-21)19-17-15-6-5-10-26(15)20(28)18-16(7-11-30-18)27(17)14-22-19/h3-4,7,11,13-15H,1-2,5-6,8-10,12H2,(H,23,24)/t15-,21?/m0/s1. The van der Waals surface area contributed by atoms with Gasteiger partial charge in [-0.15, -0.1) is 24.5 Å². The van der Waals surface area contributed by atoms with E-state index in [9.17, 15) is 4.79 Å². The highest BCUT2D eigenvalue weighted by Crippen LogP contribution is 2.44. The largest absolute Gasteiger partial charge is 0.329 e. The maximum atomic E-state index is 13.2. The predicted molar refractivity (Wildman–Crippen MR) is 116 cm³/mol. The van der Waals surface area contributed by atoms with Crippen LogP contribution in [0.3, 0.4) is 0 Å². The molecule has 0 spiro atoms. The number of hydroxylamine groups is 1. The summed E-state index contributed by atoms with van der Waals surface area (Å²) in [6.07, 6.45) is 8.94. The lowest BCUT2D eigenvalue weighted by Gasteiger charge is -2.32. The molecule has 9 heteroatoms. The summed E-state index contributed by atoms with van der Waals surface area (Å²) >= 11 is 1.48. The molecule has 5 heterocycles. The Morgan fingerprint density at radius 1 is 1.40 bits per heavy atom. The molecule has 3 aliphatic heterocycles. The summed E-state index contributed by atoms with van der Waals surface area (Å²) in [6.45, 7) is 10.3.